The van der Waals surface area contributed by atoms with Gasteiger partial charge in [0.25, 0.3) is 10.1 Å². The minimum atomic E-state index is -3.60. The fourth-order valence-electron chi connectivity index (χ4n) is 0.696. The van der Waals surface area contributed by atoms with Crippen LogP contribution < -0.4 is 0 Å². The molecule has 0 unspecified atom stereocenters. The van der Waals surface area contributed by atoms with Gasteiger partial charge in [-0.05, 0) is 12.0 Å². The molecule has 1 aromatic rings. The molecule has 0 spiro atoms. The van der Waals surface area contributed by atoms with Crippen molar-refractivity contribution in [1.82, 2.24) is 0 Å². The first-order valence-corrected chi connectivity index (χ1v) is 5.37. The molecular weight excluding hydrogens is 188 g/mol. The van der Waals surface area contributed by atoms with E-state index in [4.69, 9.17) is 6.85 Å². The lowest BCUT2D eigenvalue weighted by molar-refractivity contribution is 0.326. The molecule has 0 saturated carbocycles. The summed E-state index contributed by atoms with van der Waals surface area (Å²) in [5.41, 5.74) is 0.0460. The summed E-state index contributed by atoms with van der Waals surface area (Å²) in [4.78, 5) is 0. The van der Waals surface area contributed by atoms with E-state index < -0.39 is 28.2 Å². The number of hydrogen-bond donors (Lipinski definition) is 0. The Hall–Kier alpha value is -0.870. The topological polar surface area (TPSA) is 43.4 Å². The number of benzene rings is 1. The van der Waals surface area contributed by atoms with Crippen LogP contribution >= 0.6 is 0 Å². The fraction of sp³-hybridized carbons (Fsp3) is 0.333. The first kappa shape index (κ1) is 5.12. The second-order valence-electron chi connectivity index (χ2n) is 2.38. The summed E-state index contributed by atoms with van der Waals surface area (Å²) in [5, 5.41) is 0. The summed E-state index contributed by atoms with van der Waals surface area (Å²) in [6.45, 7) is -0.257. The molecule has 0 N–H and O–H groups in total. The number of rotatable bonds is 4. The maximum atomic E-state index is 10.8. The highest BCUT2D eigenvalue weighted by Gasteiger charge is 2.00. The predicted octanol–water partition coefficient (Wildman–Crippen LogP) is 1.21. The molecule has 0 aliphatic heterocycles. The van der Waals surface area contributed by atoms with Crippen LogP contribution in [-0.4, -0.2) is 21.3 Å². The Labute approximate surface area is 85.5 Å². The molecule has 0 atom stereocenters. The molecule has 0 aromatic heterocycles. The monoisotopic (exact) mass is 205 g/mol. The van der Waals surface area contributed by atoms with E-state index in [0.717, 1.165) is 6.26 Å². The van der Waals surface area contributed by atoms with E-state index in [9.17, 15) is 8.42 Å². The molecule has 13 heavy (non-hydrogen) atoms. The molecule has 1 rings (SSSR count). The molecule has 0 bridgehead atoms. The van der Waals surface area contributed by atoms with E-state index in [1.54, 1.807) is 0 Å². The standard InChI is InChI=1S/C9H12O3S/c1-13(10,11)12-8-7-9-5-3-2-4-6-9/h2-6H,7-8H2,1H3/i2D,3D,4D,5D,6D. The molecule has 0 aliphatic carbocycles. The molecule has 0 radical (unpaired) electrons. The van der Waals surface area contributed by atoms with E-state index >= 15 is 0 Å². The van der Waals surface area contributed by atoms with Gasteiger partial charge in [-0.1, -0.05) is 30.2 Å². The van der Waals surface area contributed by atoms with Crippen molar-refractivity contribution < 1.29 is 19.5 Å². The summed E-state index contributed by atoms with van der Waals surface area (Å²) in [6.07, 6.45) is 0.817. The van der Waals surface area contributed by atoms with Gasteiger partial charge < -0.3 is 0 Å². The van der Waals surface area contributed by atoms with Crippen LogP contribution in [0.1, 0.15) is 12.4 Å². The minimum Gasteiger partial charge on any atom is -0.270 e. The molecule has 72 valence electrons. The second kappa shape index (κ2) is 4.39. The summed E-state index contributed by atoms with van der Waals surface area (Å²) >= 11 is 0. The van der Waals surface area contributed by atoms with Crippen LogP contribution in [0.25, 0.3) is 0 Å². The van der Waals surface area contributed by atoms with Gasteiger partial charge in [0.2, 0.25) is 0 Å². The predicted molar refractivity (Wildman–Crippen MR) is 50.9 cm³/mol. The highest BCUT2D eigenvalue weighted by molar-refractivity contribution is 7.85. The highest BCUT2D eigenvalue weighted by Crippen LogP contribution is 2.00. The zero-order valence-electron chi connectivity index (χ0n) is 12.0. The Morgan fingerprint density at radius 1 is 1.38 bits per heavy atom. The van der Waals surface area contributed by atoms with Crippen LogP contribution in [0.3, 0.4) is 0 Å². The third-order valence-electron chi connectivity index (χ3n) is 1.20. The largest absolute Gasteiger partial charge is 0.270 e. The lowest BCUT2D eigenvalue weighted by Gasteiger charge is -2.00. The maximum absolute atomic E-state index is 10.8. The van der Waals surface area contributed by atoms with Crippen molar-refractivity contribution in [3.05, 3.63) is 35.8 Å². The van der Waals surface area contributed by atoms with E-state index in [2.05, 4.69) is 4.18 Å². The lowest BCUT2D eigenvalue weighted by Crippen LogP contribution is -2.05. The second-order valence-corrected chi connectivity index (χ2v) is 4.02. The minimum absolute atomic E-state index is 0.0460. The Morgan fingerprint density at radius 3 is 2.54 bits per heavy atom. The van der Waals surface area contributed by atoms with E-state index in [0.29, 0.717) is 0 Å². The van der Waals surface area contributed by atoms with Crippen LogP contribution in [0.2, 0.25) is 0 Å². The molecular formula is C9H12O3S. The van der Waals surface area contributed by atoms with Crippen LogP contribution in [-0.2, 0) is 20.7 Å². The van der Waals surface area contributed by atoms with Gasteiger partial charge in [0.1, 0.15) is 0 Å². The van der Waals surface area contributed by atoms with Gasteiger partial charge in [-0.3, -0.25) is 4.18 Å². The molecule has 3 nitrogen and oxygen atoms in total. The molecule has 0 fully saturated rings. The van der Waals surface area contributed by atoms with Crippen molar-refractivity contribution in [3.8, 4) is 0 Å². The smallest absolute Gasteiger partial charge is 0.264 e. The average molecular weight is 205 g/mol. The number of hydrogen-bond acceptors (Lipinski definition) is 3. The molecule has 0 saturated heterocycles. The quantitative estimate of drug-likeness (QED) is 0.694. The first-order chi connectivity index (χ1) is 8.15. The Morgan fingerprint density at radius 2 is 2.00 bits per heavy atom. The molecule has 0 amide bonds. The van der Waals surface area contributed by atoms with Crippen molar-refractivity contribution in [2.75, 3.05) is 12.9 Å². The Bertz CT molecular complexity index is 541. The summed E-state index contributed by atoms with van der Waals surface area (Å²) in [5.74, 6) is 0. The van der Waals surface area contributed by atoms with Crippen molar-refractivity contribution in [3.63, 3.8) is 0 Å². The third-order valence-corrected chi connectivity index (χ3v) is 1.80. The van der Waals surface area contributed by atoms with Gasteiger partial charge in [-0.15, -0.1) is 0 Å². The van der Waals surface area contributed by atoms with Gasteiger partial charge >= 0.3 is 0 Å². The van der Waals surface area contributed by atoms with Gasteiger partial charge in [-0.25, -0.2) is 0 Å². The van der Waals surface area contributed by atoms with E-state index in [1.165, 1.54) is 0 Å². The normalized spacial score (nSPS) is 16.8. The van der Waals surface area contributed by atoms with Crippen LogP contribution in [0, 0.1) is 0 Å². The summed E-state index contributed by atoms with van der Waals surface area (Å²) in [6, 6.07) is -2.02. The molecule has 0 aliphatic rings. The van der Waals surface area contributed by atoms with Gasteiger partial charge in [0, 0.05) is 0 Å². The van der Waals surface area contributed by atoms with Gasteiger partial charge in [-0.2, -0.15) is 8.42 Å². The average Bonchev–Trinajstić information content (AvgIpc) is 2.27. The zero-order chi connectivity index (χ0) is 14.1. The molecule has 1 aromatic carbocycles. The van der Waals surface area contributed by atoms with Crippen molar-refractivity contribution in [2.45, 2.75) is 6.42 Å². The lowest BCUT2D eigenvalue weighted by atomic mass is 10.2. The summed E-state index contributed by atoms with van der Waals surface area (Å²) < 4.78 is 63.4. The van der Waals surface area contributed by atoms with E-state index in [-0.39, 0.29) is 30.7 Å². The summed E-state index contributed by atoms with van der Waals surface area (Å²) in [7, 11) is -3.60. The Kier molecular flexibility index (Phi) is 1.73. The van der Waals surface area contributed by atoms with E-state index in [1.807, 2.05) is 0 Å². The maximum Gasteiger partial charge on any atom is 0.264 e. The SMILES string of the molecule is [2H]c1c([2H])c([2H])c(CCOS(C)(=O)=O)c([2H])c1[2H]. The fourth-order valence-corrected chi connectivity index (χ4v) is 1.08. The molecule has 4 heteroatoms. The molecule has 0 heterocycles. The van der Waals surface area contributed by atoms with Gasteiger partial charge in [0.15, 0.2) is 0 Å². The van der Waals surface area contributed by atoms with Crippen molar-refractivity contribution in [1.29, 1.82) is 0 Å². The van der Waals surface area contributed by atoms with Crippen molar-refractivity contribution in [2.24, 2.45) is 0 Å². The third kappa shape index (κ3) is 4.65. The van der Waals surface area contributed by atoms with Crippen LogP contribution in [0.15, 0.2) is 30.2 Å². The Balaban J connectivity index is 3.03. The van der Waals surface area contributed by atoms with Crippen molar-refractivity contribution >= 4 is 10.1 Å². The van der Waals surface area contributed by atoms with Gasteiger partial charge in [0.05, 0.1) is 19.7 Å². The highest BCUT2D eigenvalue weighted by atomic mass is 32.2. The van der Waals surface area contributed by atoms with Crippen LogP contribution in [0.5, 0.6) is 0 Å². The zero-order valence-corrected chi connectivity index (χ0v) is 7.86. The van der Waals surface area contributed by atoms with Crippen LogP contribution in [0.4, 0.5) is 0 Å². The first-order valence-electron chi connectivity index (χ1n) is 6.05.